The van der Waals surface area contributed by atoms with Crippen LogP contribution in [0.4, 0.5) is 0 Å². The lowest BCUT2D eigenvalue weighted by atomic mass is 10.2. The standard InChI is InChI=1S/C13H18N2O3S/c1-17-8-9-18-7-6-15-13(16)12-11(3-2-5-14)4-10-19-12/h4,10H,5-9,14H2,1H3,(H,15,16). The summed E-state index contributed by atoms with van der Waals surface area (Å²) in [7, 11) is 1.62. The van der Waals surface area contributed by atoms with E-state index in [0.29, 0.717) is 36.8 Å². The van der Waals surface area contributed by atoms with Gasteiger partial charge in [-0.2, -0.15) is 0 Å². The Morgan fingerprint density at radius 1 is 1.47 bits per heavy atom. The smallest absolute Gasteiger partial charge is 0.262 e. The molecule has 0 aliphatic heterocycles. The van der Waals surface area contributed by atoms with Crippen LogP contribution in [0.1, 0.15) is 15.2 Å². The minimum absolute atomic E-state index is 0.133. The monoisotopic (exact) mass is 282 g/mol. The largest absolute Gasteiger partial charge is 0.382 e. The molecule has 0 aliphatic carbocycles. The summed E-state index contributed by atoms with van der Waals surface area (Å²) in [5.41, 5.74) is 6.03. The molecule has 0 aromatic carbocycles. The van der Waals surface area contributed by atoms with Gasteiger partial charge in [-0.25, -0.2) is 0 Å². The molecular weight excluding hydrogens is 264 g/mol. The van der Waals surface area contributed by atoms with Crippen molar-refractivity contribution in [2.24, 2.45) is 5.73 Å². The number of rotatable bonds is 7. The summed E-state index contributed by atoms with van der Waals surface area (Å²) in [6.45, 7) is 2.29. The van der Waals surface area contributed by atoms with Crippen LogP contribution in [0.25, 0.3) is 0 Å². The van der Waals surface area contributed by atoms with E-state index < -0.39 is 0 Å². The molecule has 3 N–H and O–H groups in total. The third kappa shape index (κ3) is 5.85. The lowest BCUT2D eigenvalue weighted by Gasteiger charge is -2.05. The SMILES string of the molecule is COCCOCCNC(=O)c1sccc1C#CCN. The van der Waals surface area contributed by atoms with E-state index in [0.717, 1.165) is 0 Å². The number of methoxy groups -OCH3 is 1. The van der Waals surface area contributed by atoms with Crippen molar-refractivity contribution in [3.8, 4) is 11.8 Å². The van der Waals surface area contributed by atoms with Crippen LogP contribution in [-0.2, 0) is 9.47 Å². The van der Waals surface area contributed by atoms with Crippen LogP contribution < -0.4 is 11.1 Å². The first-order valence-electron chi connectivity index (χ1n) is 5.91. The van der Waals surface area contributed by atoms with E-state index >= 15 is 0 Å². The molecule has 0 spiro atoms. The highest BCUT2D eigenvalue weighted by atomic mass is 32.1. The van der Waals surface area contributed by atoms with Gasteiger partial charge in [-0.05, 0) is 11.4 Å². The summed E-state index contributed by atoms with van der Waals surface area (Å²) in [5, 5.41) is 4.62. The maximum absolute atomic E-state index is 11.9. The highest BCUT2D eigenvalue weighted by molar-refractivity contribution is 7.12. The van der Waals surface area contributed by atoms with Crippen molar-refractivity contribution in [1.82, 2.24) is 5.32 Å². The van der Waals surface area contributed by atoms with Gasteiger partial charge in [0.2, 0.25) is 0 Å². The lowest BCUT2D eigenvalue weighted by Crippen LogP contribution is -2.27. The Bertz CT molecular complexity index is 448. The molecule has 0 atom stereocenters. The Morgan fingerprint density at radius 3 is 3.05 bits per heavy atom. The van der Waals surface area contributed by atoms with E-state index in [4.69, 9.17) is 15.2 Å². The molecule has 0 saturated heterocycles. The van der Waals surface area contributed by atoms with Crippen molar-refractivity contribution in [2.45, 2.75) is 0 Å². The van der Waals surface area contributed by atoms with Crippen molar-refractivity contribution in [2.75, 3.05) is 40.0 Å². The van der Waals surface area contributed by atoms with Crippen LogP contribution in [0, 0.1) is 11.8 Å². The Balaban J connectivity index is 2.35. The minimum atomic E-state index is -0.133. The van der Waals surface area contributed by atoms with Gasteiger partial charge in [0.05, 0.1) is 26.4 Å². The molecule has 1 heterocycles. The normalized spacial score (nSPS) is 9.79. The third-order valence-electron chi connectivity index (χ3n) is 2.16. The molecule has 1 aromatic rings. The summed E-state index contributed by atoms with van der Waals surface area (Å²) < 4.78 is 10.1. The number of carbonyl (C=O) groups excluding carboxylic acids is 1. The van der Waals surface area contributed by atoms with Crippen LogP contribution in [0.2, 0.25) is 0 Å². The van der Waals surface area contributed by atoms with Crippen molar-refractivity contribution in [3.05, 3.63) is 21.9 Å². The molecule has 6 heteroatoms. The summed E-state index contributed by atoms with van der Waals surface area (Å²) in [4.78, 5) is 12.5. The van der Waals surface area contributed by atoms with E-state index in [1.54, 1.807) is 7.11 Å². The molecule has 0 saturated carbocycles. The van der Waals surface area contributed by atoms with E-state index in [1.807, 2.05) is 11.4 Å². The number of hydrogen-bond acceptors (Lipinski definition) is 5. The molecule has 0 aliphatic rings. The fourth-order valence-electron chi connectivity index (χ4n) is 1.29. The fraction of sp³-hybridized carbons (Fsp3) is 0.462. The quantitative estimate of drug-likeness (QED) is 0.562. The van der Waals surface area contributed by atoms with Crippen LogP contribution in [-0.4, -0.2) is 45.9 Å². The Morgan fingerprint density at radius 2 is 2.32 bits per heavy atom. The molecule has 19 heavy (non-hydrogen) atoms. The zero-order valence-corrected chi connectivity index (χ0v) is 11.7. The van der Waals surface area contributed by atoms with E-state index in [2.05, 4.69) is 17.2 Å². The first-order chi connectivity index (χ1) is 9.29. The van der Waals surface area contributed by atoms with E-state index in [-0.39, 0.29) is 12.5 Å². The number of hydrogen-bond donors (Lipinski definition) is 2. The second-order valence-electron chi connectivity index (χ2n) is 3.53. The maximum atomic E-state index is 11.9. The first-order valence-corrected chi connectivity index (χ1v) is 6.79. The first kappa shape index (κ1) is 15.7. The molecule has 0 fully saturated rings. The zero-order valence-electron chi connectivity index (χ0n) is 10.9. The summed E-state index contributed by atoms with van der Waals surface area (Å²) in [5.74, 6) is 5.49. The number of nitrogens with two attached hydrogens (primary N) is 1. The van der Waals surface area contributed by atoms with Crippen molar-refractivity contribution >= 4 is 17.2 Å². The molecular formula is C13H18N2O3S. The van der Waals surface area contributed by atoms with Gasteiger partial charge in [0.25, 0.3) is 5.91 Å². The minimum Gasteiger partial charge on any atom is -0.382 e. The number of thiophene rings is 1. The van der Waals surface area contributed by atoms with Crippen LogP contribution in [0.3, 0.4) is 0 Å². The average Bonchev–Trinajstić information content (AvgIpc) is 2.88. The molecule has 104 valence electrons. The fourth-order valence-corrected chi connectivity index (χ4v) is 2.06. The lowest BCUT2D eigenvalue weighted by molar-refractivity contribution is 0.0693. The summed E-state index contributed by atoms with van der Waals surface area (Å²) in [6.07, 6.45) is 0. The molecule has 1 amide bonds. The van der Waals surface area contributed by atoms with Crippen LogP contribution >= 0.6 is 11.3 Å². The molecule has 1 rings (SSSR count). The van der Waals surface area contributed by atoms with E-state index in [1.165, 1.54) is 11.3 Å². The number of amides is 1. The molecule has 0 radical (unpaired) electrons. The predicted octanol–water partition coefficient (Wildman–Crippen LogP) is 0.451. The van der Waals surface area contributed by atoms with Gasteiger partial charge < -0.3 is 20.5 Å². The Kier molecular flexibility index (Phi) is 7.86. The molecule has 5 nitrogen and oxygen atoms in total. The predicted molar refractivity (Wildman–Crippen MR) is 75.3 cm³/mol. The van der Waals surface area contributed by atoms with Crippen molar-refractivity contribution in [3.63, 3.8) is 0 Å². The number of ether oxygens (including phenoxy) is 2. The van der Waals surface area contributed by atoms with Crippen molar-refractivity contribution < 1.29 is 14.3 Å². The maximum Gasteiger partial charge on any atom is 0.262 e. The Labute approximate surface area is 117 Å². The van der Waals surface area contributed by atoms with Gasteiger partial charge in [0, 0.05) is 19.2 Å². The number of nitrogens with one attached hydrogen (secondary N) is 1. The van der Waals surface area contributed by atoms with E-state index in [9.17, 15) is 4.79 Å². The molecule has 0 unspecified atom stereocenters. The van der Waals surface area contributed by atoms with Gasteiger partial charge in [-0.15, -0.1) is 11.3 Å². The van der Waals surface area contributed by atoms with Gasteiger partial charge in [0.1, 0.15) is 4.88 Å². The highest BCUT2D eigenvalue weighted by Gasteiger charge is 2.10. The second-order valence-corrected chi connectivity index (χ2v) is 4.45. The Hall–Kier alpha value is -1.39. The average molecular weight is 282 g/mol. The number of carbonyl (C=O) groups is 1. The van der Waals surface area contributed by atoms with Crippen molar-refractivity contribution in [1.29, 1.82) is 0 Å². The zero-order chi connectivity index (χ0) is 13.9. The topological polar surface area (TPSA) is 73.6 Å². The molecule has 1 aromatic heterocycles. The third-order valence-corrected chi connectivity index (χ3v) is 3.07. The summed E-state index contributed by atoms with van der Waals surface area (Å²) >= 11 is 1.36. The highest BCUT2D eigenvalue weighted by Crippen LogP contribution is 2.15. The van der Waals surface area contributed by atoms with Crippen LogP contribution in [0.15, 0.2) is 11.4 Å². The van der Waals surface area contributed by atoms with Crippen LogP contribution in [0.5, 0.6) is 0 Å². The van der Waals surface area contributed by atoms with Gasteiger partial charge in [-0.1, -0.05) is 11.8 Å². The van der Waals surface area contributed by atoms with Gasteiger partial charge in [0.15, 0.2) is 0 Å². The summed E-state index contributed by atoms with van der Waals surface area (Å²) in [6, 6.07) is 1.82. The van der Waals surface area contributed by atoms with Gasteiger partial charge >= 0.3 is 0 Å². The second kappa shape index (κ2) is 9.53. The van der Waals surface area contributed by atoms with Gasteiger partial charge in [-0.3, -0.25) is 4.79 Å². The molecule has 0 bridgehead atoms.